The number of hydrogen-bond donors (Lipinski definition) is 4. The van der Waals surface area contributed by atoms with E-state index < -0.39 is 12.2 Å². The predicted octanol–water partition coefficient (Wildman–Crippen LogP) is 0.0145. The van der Waals surface area contributed by atoms with Crippen LogP contribution in [0.15, 0.2) is 18.2 Å². The minimum atomic E-state index is -1.15. The van der Waals surface area contributed by atoms with Crippen molar-refractivity contribution >= 4 is 0 Å². The zero-order valence-electron chi connectivity index (χ0n) is 9.34. The highest BCUT2D eigenvalue weighted by Crippen LogP contribution is 2.34. The second kappa shape index (κ2) is 5.69. The largest absolute Gasteiger partial charge is 0.504 e. The van der Waals surface area contributed by atoms with Gasteiger partial charge in [-0.05, 0) is 13.1 Å². The normalized spacial score (nSPS) is 14.5. The maximum Gasteiger partial charge on any atom is 0.163 e. The second-order valence-corrected chi connectivity index (χ2v) is 3.47. The molecule has 0 fully saturated rings. The van der Waals surface area contributed by atoms with Gasteiger partial charge in [-0.1, -0.05) is 12.1 Å². The van der Waals surface area contributed by atoms with Crippen LogP contribution in [0.5, 0.6) is 11.5 Å². The van der Waals surface area contributed by atoms with Crippen LogP contribution in [0.4, 0.5) is 0 Å². The van der Waals surface area contributed by atoms with E-state index in [1.165, 1.54) is 7.11 Å². The maximum absolute atomic E-state index is 9.82. The topological polar surface area (TPSA) is 82.0 Å². The monoisotopic (exact) mass is 227 g/mol. The minimum absolute atomic E-state index is 0.146. The predicted molar refractivity (Wildman–Crippen MR) is 59.6 cm³/mol. The van der Waals surface area contributed by atoms with Crippen molar-refractivity contribution in [2.75, 3.05) is 20.7 Å². The Morgan fingerprint density at radius 2 is 2.06 bits per heavy atom. The molecule has 1 aromatic carbocycles. The van der Waals surface area contributed by atoms with Crippen molar-refractivity contribution in [2.45, 2.75) is 12.2 Å². The van der Waals surface area contributed by atoms with Crippen LogP contribution in [-0.4, -0.2) is 42.1 Å². The summed E-state index contributed by atoms with van der Waals surface area (Å²) >= 11 is 0. The molecule has 5 heteroatoms. The number of phenolic OH excluding ortho intramolecular Hbond substituents is 1. The van der Waals surface area contributed by atoms with Crippen LogP contribution < -0.4 is 10.1 Å². The van der Waals surface area contributed by atoms with E-state index in [0.717, 1.165) is 0 Å². The molecule has 0 spiro atoms. The molecular weight excluding hydrogens is 210 g/mol. The van der Waals surface area contributed by atoms with Crippen molar-refractivity contribution < 1.29 is 20.1 Å². The molecule has 0 saturated carbocycles. The summed E-state index contributed by atoms with van der Waals surface area (Å²) in [5, 5.41) is 31.9. The van der Waals surface area contributed by atoms with Crippen LogP contribution in [0.25, 0.3) is 0 Å². The summed E-state index contributed by atoms with van der Waals surface area (Å²) in [5.41, 5.74) is 0.252. The van der Waals surface area contributed by atoms with Gasteiger partial charge in [-0.15, -0.1) is 0 Å². The molecule has 16 heavy (non-hydrogen) atoms. The van der Waals surface area contributed by atoms with Gasteiger partial charge in [0.25, 0.3) is 0 Å². The van der Waals surface area contributed by atoms with Crippen LogP contribution in [0.1, 0.15) is 11.7 Å². The van der Waals surface area contributed by atoms with Crippen molar-refractivity contribution in [1.29, 1.82) is 0 Å². The number of benzene rings is 1. The van der Waals surface area contributed by atoms with Crippen molar-refractivity contribution in [1.82, 2.24) is 5.32 Å². The maximum atomic E-state index is 9.82. The van der Waals surface area contributed by atoms with Crippen molar-refractivity contribution in [3.63, 3.8) is 0 Å². The molecule has 0 aliphatic heterocycles. The van der Waals surface area contributed by atoms with Gasteiger partial charge in [0.1, 0.15) is 6.10 Å². The Morgan fingerprint density at radius 1 is 1.38 bits per heavy atom. The van der Waals surface area contributed by atoms with E-state index in [1.807, 2.05) is 0 Å². The van der Waals surface area contributed by atoms with Crippen LogP contribution in [0.3, 0.4) is 0 Å². The van der Waals surface area contributed by atoms with Crippen molar-refractivity contribution in [3.05, 3.63) is 23.8 Å². The summed E-state index contributed by atoms with van der Waals surface area (Å²) in [6.45, 7) is 0.234. The zero-order chi connectivity index (χ0) is 12.1. The molecule has 0 aliphatic carbocycles. The van der Waals surface area contributed by atoms with E-state index >= 15 is 0 Å². The number of nitrogens with one attached hydrogen (secondary N) is 1. The number of phenols is 1. The first-order valence-electron chi connectivity index (χ1n) is 4.98. The van der Waals surface area contributed by atoms with E-state index in [4.69, 9.17) is 4.74 Å². The number of para-hydroxylation sites is 1. The molecule has 2 atom stereocenters. The lowest BCUT2D eigenvalue weighted by molar-refractivity contribution is 0.0187. The Bertz CT molecular complexity index is 343. The molecule has 0 aromatic heterocycles. The Morgan fingerprint density at radius 3 is 2.62 bits per heavy atom. The Kier molecular flexibility index (Phi) is 4.54. The molecule has 0 heterocycles. The summed E-state index contributed by atoms with van der Waals surface area (Å²) in [6, 6.07) is 4.76. The fraction of sp³-hybridized carbons (Fsp3) is 0.455. The highest BCUT2D eigenvalue weighted by molar-refractivity contribution is 5.46. The average Bonchev–Trinajstić information content (AvgIpc) is 2.29. The second-order valence-electron chi connectivity index (χ2n) is 3.47. The SMILES string of the molecule is CNCC(O)C(O)c1cccc(OC)c1O. The fourth-order valence-electron chi connectivity index (χ4n) is 1.47. The third kappa shape index (κ3) is 2.63. The summed E-state index contributed by atoms with van der Waals surface area (Å²) in [5.74, 6) is 0.126. The number of hydrogen-bond acceptors (Lipinski definition) is 5. The first-order chi connectivity index (χ1) is 7.61. The van der Waals surface area contributed by atoms with Gasteiger partial charge in [0.2, 0.25) is 0 Å². The number of aliphatic hydroxyl groups excluding tert-OH is 2. The highest BCUT2D eigenvalue weighted by atomic mass is 16.5. The summed E-state index contributed by atoms with van der Waals surface area (Å²) in [4.78, 5) is 0. The lowest BCUT2D eigenvalue weighted by atomic mass is 10.0. The Balaban J connectivity index is 2.94. The van der Waals surface area contributed by atoms with E-state index in [2.05, 4.69) is 5.32 Å². The quantitative estimate of drug-likeness (QED) is 0.570. The van der Waals surface area contributed by atoms with E-state index in [-0.39, 0.29) is 23.6 Å². The van der Waals surface area contributed by atoms with Gasteiger partial charge in [-0.25, -0.2) is 0 Å². The first-order valence-corrected chi connectivity index (χ1v) is 4.98. The molecule has 1 rings (SSSR count). The molecule has 2 unspecified atom stereocenters. The van der Waals surface area contributed by atoms with E-state index in [0.29, 0.717) is 0 Å². The summed E-state index contributed by atoms with van der Waals surface area (Å²) < 4.78 is 4.92. The standard InChI is InChI=1S/C11H17NO4/c1-12-6-8(13)10(14)7-4-3-5-9(16-2)11(7)15/h3-5,8,10,12-15H,6H2,1-2H3. The number of rotatable bonds is 5. The molecule has 0 bridgehead atoms. The third-order valence-corrected chi connectivity index (χ3v) is 2.35. The number of methoxy groups -OCH3 is 1. The zero-order valence-corrected chi connectivity index (χ0v) is 9.34. The van der Waals surface area contributed by atoms with Gasteiger partial charge in [0.05, 0.1) is 13.2 Å². The van der Waals surface area contributed by atoms with Crippen LogP contribution >= 0.6 is 0 Å². The van der Waals surface area contributed by atoms with Gasteiger partial charge in [0, 0.05) is 12.1 Å². The first kappa shape index (κ1) is 12.8. The number of likely N-dealkylation sites (N-methyl/N-ethyl adjacent to an activating group) is 1. The number of ether oxygens (including phenoxy) is 1. The van der Waals surface area contributed by atoms with Gasteiger partial charge >= 0.3 is 0 Å². The minimum Gasteiger partial charge on any atom is -0.504 e. The lowest BCUT2D eigenvalue weighted by Crippen LogP contribution is -2.29. The third-order valence-electron chi connectivity index (χ3n) is 2.35. The Labute approximate surface area is 94.3 Å². The molecule has 0 saturated heterocycles. The van der Waals surface area contributed by atoms with Gasteiger partial charge < -0.3 is 25.4 Å². The highest BCUT2D eigenvalue weighted by Gasteiger charge is 2.22. The van der Waals surface area contributed by atoms with Crippen molar-refractivity contribution in [3.8, 4) is 11.5 Å². The summed E-state index contributed by atoms with van der Waals surface area (Å²) in [6.07, 6.45) is -2.13. The fourth-order valence-corrected chi connectivity index (χ4v) is 1.47. The molecule has 0 aliphatic rings. The van der Waals surface area contributed by atoms with Crippen LogP contribution in [-0.2, 0) is 0 Å². The van der Waals surface area contributed by atoms with Gasteiger partial charge in [-0.3, -0.25) is 0 Å². The van der Waals surface area contributed by atoms with Gasteiger partial charge in [-0.2, -0.15) is 0 Å². The van der Waals surface area contributed by atoms with Gasteiger partial charge in [0.15, 0.2) is 11.5 Å². The number of aliphatic hydroxyl groups is 2. The molecule has 5 nitrogen and oxygen atoms in total. The molecular formula is C11H17NO4. The van der Waals surface area contributed by atoms with Crippen LogP contribution in [0, 0.1) is 0 Å². The molecule has 0 amide bonds. The molecule has 0 radical (unpaired) electrons. The lowest BCUT2D eigenvalue weighted by Gasteiger charge is -2.19. The smallest absolute Gasteiger partial charge is 0.163 e. The summed E-state index contributed by atoms with van der Waals surface area (Å²) in [7, 11) is 3.09. The average molecular weight is 227 g/mol. The van der Waals surface area contributed by atoms with E-state index in [1.54, 1.807) is 25.2 Å². The van der Waals surface area contributed by atoms with Crippen LogP contribution in [0.2, 0.25) is 0 Å². The Hall–Kier alpha value is -1.30. The number of aromatic hydroxyl groups is 1. The van der Waals surface area contributed by atoms with Crippen molar-refractivity contribution in [2.24, 2.45) is 0 Å². The van der Waals surface area contributed by atoms with E-state index in [9.17, 15) is 15.3 Å². The molecule has 1 aromatic rings. The molecule has 4 N–H and O–H groups in total. The molecule has 90 valence electrons.